The molecule has 0 aliphatic heterocycles. The van der Waals surface area contributed by atoms with Crippen LogP contribution in [0.2, 0.25) is 0 Å². The number of rotatable bonds is 3. The van der Waals surface area contributed by atoms with E-state index in [1.807, 2.05) is 18.2 Å². The Morgan fingerprint density at radius 1 is 1.05 bits per heavy atom. The van der Waals surface area contributed by atoms with Gasteiger partial charge in [0.05, 0.1) is 11.0 Å². The first-order valence-corrected chi connectivity index (χ1v) is 7.36. The number of hydrogen-bond acceptors (Lipinski definition) is 2. The van der Waals surface area contributed by atoms with Crippen LogP contribution < -0.4 is 5.73 Å². The molecule has 0 aliphatic carbocycles. The molecule has 0 saturated heterocycles. The van der Waals surface area contributed by atoms with Crippen molar-refractivity contribution in [3.8, 4) is 0 Å². The van der Waals surface area contributed by atoms with Crippen molar-refractivity contribution in [2.75, 3.05) is 5.73 Å². The van der Waals surface area contributed by atoms with Crippen LogP contribution in [0.4, 0.5) is 5.69 Å². The fraction of sp³-hybridized carbons (Fsp3) is 0.278. The first-order valence-electron chi connectivity index (χ1n) is 7.36. The molecule has 3 rings (SSSR count). The van der Waals surface area contributed by atoms with Crippen molar-refractivity contribution in [2.24, 2.45) is 0 Å². The molecule has 0 spiro atoms. The van der Waals surface area contributed by atoms with Crippen LogP contribution in [0.25, 0.3) is 11.0 Å². The number of fused-ring (bicyclic) bond motifs is 1. The van der Waals surface area contributed by atoms with Crippen molar-refractivity contribution >= 4 is 16.7 Å². The van der Waals surface area contributed by atoms with Crippen molar-refractivity contribution in [3.05, 3.63) is 59.9 Å². The third-order valence-corrected chi connectivity index (χ3v) is 4.16. The minimum atomic E-state index is -0.164. The fourth-order valence-corrected chi connectivity index (χ4v) is 2.90. The maximum Gasteiger partial charge on any atom is 0.119 e. The van der Waals surface area contributed by atoms with E-state index in [1.165, 1.54) is 11.1 Å². The number of nitrogens with two attached hydrogens (primary N) is 1. The summed E-state index contributed by atoms with van der Waals surface area (Å²) >= 11 is 0. The molecule has 2 N–H and O–H groups in total. The molecule has 0 fully saturated rings. The molecule has 1 aromatic heterocycles. The molecule has 2 aromatic carbocycles. The number of aryl methyl sites for hydroxylation is 1. The molecule has 108 valence electrons. The molecule has 0 atom stereocenters. The minimum absolute atomic E-state index is 0.164. The topological polar surface area (TPSA) is 43.8 Å². The Morgan fingerprint density at radius 3 is 2.38 bits per heavy atom. The first-order chi connectivity index (χ1) is 10.0. The molecule has 0 radical (unpaired) electrons. The van der Waals surface area contributed by atoms with Crippen LogP contribution in [0, 0.1) is 0 Å². The fourth-order valence-electron chi connectivity index (χ4n) is 2.90. The summed E-state index contributed by atoms with van der Waals surface area (Å²) in [4.78, 5) is 4.89. The van der Waals surface area contributed by atoms with Crippen LogP contribution in [0.15, 0.2) is 48.5 Å². The summed E-state index contributed by atoms with van der Waals surface area (Å²) in [6.45, 7) is 7.50. The molecule has 21 heavy (non-hydrogen) atoms. The highest BCUT2D eigenvalue weighted by atomic mass is 15.1. The molecule has 3 nitrogen and oxygen atoms in total. The Kier molecular flexibility index (Phi) is 3.20. The highest BCUT2D eigenvalue weighted by Gasteiger charge is 2.29. The average molecular weight is 279 g/mol. The molecule has 3 heteroatoms. The molecule has 3 aromatic rings. The zero-order chi connectivity index (χ0) is 15.0. The zero-order valence-electron chi connectivity index (χ0n) is 12.8. The van der Waals surface area contributed by atoms with E-state index in [0.717, 1.165) is 23.6 Å². The van der Waals surface area contributed by atoms with Gasteiger partial charge in [0.1, 0.15) is 5.82 Å². The normalized spacial score (nSPS) is 12.0. The van der Waals surface area contributed by atoms with Crippen molar-refractivity contribution in [1.82, 2.24) is 9.55 Å². The second kappa shape index (κ2) is 4.92. The van der Waals surface area contributed by atoms with Gasteiger partial charge in [-0.1, -0.05) is 24.3 Å². The highest BCUT2D eigenvalue weighted by Crippen LogP contribution is 2.33. The Balaban J connectivity index is 2.20. The predicted molar refractivity (Wildman–Crippen MR) is 88.4 cm³/mol. The van der Waals surface area contributed by atoms with Crippen LogP contribution >= 0.6 is 0 Å². The number of hydrogen-bond donors (Lipinski definition) is 1. The first kappa shape index (κ1) is 13.7. The number of nitrogen functional groups attached to an aromatic ring is 1. The summed E-state index contributed by atoms with van der Waals surface area (Å²) in [5.41, 5.74) is 9.90. The maximum absolute atomic E-state index is 5.81. The number of benzene rings is 2. The van der Waals surface area contributed by atoms with E-state index in [9.17, 15) is 0 Å². The van der Waals surface area contributed by atoms with Crippen LogP contribution in [-0.4, -0.2) is 9.55 Å². The molecular formula is C18H21N3. The molecule has 0 aliphatic rings. The number of nitrogens with zero attached hydrogens (tertiary/aromatic N) is 2. The Morgan fingerprint density at radius 2 is 1.71 bits per heavy atom. The lowest BCUT2D eigenvalue weighted by Gasteiger charge is -2.26. The third-order valence-electron chi connectivity index (χ3n) is 4.16. The van der Waals surface area contributed by atoms with Gasteiger partial charge in [-0.2, -0.15) is 0 Å². The number of aromatic nitrogens is 2. The third kappa shape index (κ3) is 2.19. The van der Waals surface area contributed by atoms with Gasteiger partial charge >= 0.3 is 0 Å². The highest BCUT2D eigenvalue weighted by molar-refractivity contribution is 5.76. The average Bonchev–Trinajstić information content (AvgIpc) is 2.87. The maximum atomic E-state index is 5.81. The molecule has 0 saturated carbocycles. The monoisotopic (exact) mass is 279 g/mol. The Bertz CT molecular complexity index is 767. The van der Waals surface area contributed by atoms with Crippen molar-refractivity contribution in [1.29, 1.82) is 0 Å². The number of para-hydroxylation sites is 2. The van der Waals surface area contributed by atoms with Gasteiger partial charge in [-0.3, -0.25) is 0 Å². The van der Waals surface area contributed by atoms with E-state index in [2.05, 4.69) is 55.7 Å². The SMILES string of the molecule is CCn1c(C(C)(C)c2ccc(N)cc2)nc2ccccc21. The number of imidazole rings is 1. The molecular weight excluding hydrogens is 258 g/mol. The molecule has 0 amide bonds. The molecule has 1 heterocycles. The van der Waals surface area contributed by atoms with Gasteiger partial charge < -0.3 is 10.3 Å². The largest absolute Gasteiger partial charge is 0.399 e. The van der Waals surface area contributed by atoms with E-state index < -0.39 is 0 Å². The lowest BCUT2D eigenvalue weighted by atomic mass is 9.83. The zero-order valence-corrected chi connectivity index (χ0v) is 12.8. The van der Waals surface area contributed by atoms with Gasteiger partial charge in [0.2, 0.25) is 0 Å². The van der Waals surface area contributed by atoms with Crippen molar-refractivity contribution in [2.45, 2.75) is 32.7 Å². The van der Waals surface area contributed by atoms with Crippen LogP contribution in [0.3, 0.4) is 0 Å². The second-order valence-electron chi connectivity index (χ2n) is 5.92. The lowest BCUT2D eigenvalue weighted by Crippen LogP contribution is -2.24. The summed E-state index contributed by atoms with van der Waals surface area (Å²) < 4.78 is 2.30. The van der Waals surface area contributed by atoms with E-state index in [0.29, 0.717) is 0 Å². The molecule has 0 unspecified atom stereocenters. The van der Waals surface area contributed by atoms with E-state index in [-0.39, 0.29) is 5.41 Å². The van der Waals surface area contributed by atoms with Crippen LogP contribution in [0.5, 0.6) is 0 Å². The van der Waals surface area contributed by atoms with Gasteiger partial charge in [-0.05, 0) is 50.6 Å². The number of anilines is 1. The van der Waals surface area contributed by atoms with Gasteiger partial charge in [-0.25, -0.2) is 4.98 Å². The van der Waals surface area contributed by atoms with E-state index in [4.69, 9.17) is 10.7 Å². The molecule has 0 bridgehead atoms. The second-order valence-corrected chi connectivity index (χ2v) is 5.92. The summed E-state index contributed by atoms with van der Waals surface area (Å²) in [5.74, 6) is 1.09. The van der Waals surface area contributed by atoms with E-state index >= 15 is 0 Å². The summed E-state index contributed by atoms with van der Waals surface area (Å²) in [6, 6.07) is 16.4. The predicted octanol–water partition coefficient (Wildman–Crippen LogP) is 3.96. The lowest BCUT2D eigenvalue weighted by molar-refractivity contribution is 0.548. The van der Waals surface area contributed by atoms with Crippen molar-refractivity contribution in [3.63, 3.8) is 0 Å². The Labute approximate surface area is 125 Å². The quantitative estimate of drug-likeness (QED) is 0.737. The van der Waals surface area contributed by atoms with Crippen LogP contribution in [-0.2, 0) is 12.0 Å². The smallest absolute Gasteiger partial charge is 0.119 e. The van der Waals surface area contributed by atoms with Crippen LogP contribution in [0.1, 0.15) is 32.2 Å². The summed E-state index contributed by atoms with van der Waals surface area (Å²) in [5, 5.41) is 0. The minimum Gasteiger partial charge on any atom is -0.399 e. The standard InChI is InChI=1S/C18H21N3/c1-4-21-16-8-6-5-7-15(16)20-17(21)18(2,3)13-9-11-14(19)12-10-13/h5-12H,4,19H2,1-3H3. The van der Waals surface area contributed by atoms with Crippen molar-refractivity contribution < 1.29 is 0 Å². The van der Waals surface area contributed by atoms with Gasteiger partial charge in [-0.15, -0.1) is 0 Å². The summed E-state index contributed by atoms with van der Waals surface area (Å²) in [6.07, 6.45) is 0. The van der Waals surface area contributed by atoms with Gasteiger partial charge in [0.25, 0.3) is 0 Å². The summed E-state index contributed by atoms with van der Waals surface area (Å²) in [7, 11) is 0. The Hall–Kier alpha value is -2.29. The van der Waals surface area contributed by atoms with E-state index in [1.54, 1.807) is 0 Å². The van der Waals surface area contributed by atoms with Gasteiger partial charge in [0, 0.05) is 17.6 Å². The van der Waals surface area contributed by atoms with Gasteiger partial charge in [0.15, 0.2) is 0 Å².